The smallest absolute Gasteiger partial charge is 0.191 e. The summed E-state index contributed by atoms with van der Waals surface area (Å²) in [7, 11) is -3.20. The van der Waals surface area contributed by atoms with E-state index in [1.807, 2.05) is 32.9 Å². The first-order chi connectivity index (χ1) is 12.8. The van der Waals surface area contributed by atoms with Crippen LogP contribution in [0, 0.1) is 6.92 Å². The molecule has 8 heteroatoms. The summed E-state index contributed by atoms with van der Waals surface area (Å²) in [6.07, 6.45) is 1.18. The molecule has 0 saturated heterocycles. The zero-order valence-electron chi connectivity index (χ0n) is 16.2. The Balaban J connectivity index is 1.87. The average Bonchev–Trinajstić information content (AvgIpc) is 3.05. The summed E-state index contributed by atoms with van der Waals surface area (Å²) in [6.45, 7) is 7.48. The van der Waals surface area contributed by atoms with E-state index in [1.54, 1.807) is 12.1 Å². The number of rotatable bonds is 8. The molecule has 1 aromatic heterocycles. The number of guanidine groups is 1. The number of ether oxygens (including phenoxy) is 1. The number of nitrogens with one attached hydrogen (secondary N) is 2. The van der Waals surface area contributed by atoms with Gasteiger partial charge in [-0.05, 0) is 57.2 Å². The number of furan rings is 1. The quantitative estimate of drug-likeness (QED) is 0.407. The molecule has 1 heterocycles. The van der Waals surface area contributed by atoms with Gasteiger partial charge >= 0.3 is 0 Å². The minimum Gasteiger partial charge on any atom is -0.492 e. The Morgan fingerprint density at radius 2 is 1.93 bits per heavy atom. The first-order valence-corrected chi connectivity index (χ1v) is 10.7. The van der Waals surface area contributed by atoms with Gasteiger partial charge in [0.1, 0.15) is 23.9 Å². The van der Waals surface area contributed by atoms with E-state index >= 15 is 0 Å². The lowest BCUT2D eigenvalue weighted by Gasteiger charge is -2.16. The minimum absolute atomic E-state index is 0.0130. The van der Waals surface area contributed by atoms with E-state index in [9.17, 15) is 8.42 Å². The number of hydrogen-bond acceptors (Lipinski definition) is 5. The van der Waals surface area contributed by atoms with Crippen molar-refractivity contribution in [2.45, 2.75) is 31.7 Å². The van der Waals surface area contributed by atoms with Crippen molar-refractivity contribution < 1.29 is 17.6 Å². The maximum atomic E-state index is 11.5. The van der Waals surface area contributed by atoms with Gasteiger partial charge in [-0.1, -0.05) is 0 Å². The fourth-order valence-corrected chi connectivity index (χ4v) is 3.02. The first-order valence-electron chi connectivity index (χ1n) is 8.83. The number of hydrogen-bond donors (Lipinski definition) is 2. The number of aryl methyl sites for hydroxylation is 1. The lowest BCUT2D eigenvalue weighted by Crippen LogP contribution is -2.39. The molecule has 27 heavy (non-hydrogen) atoms. The summed E-state index contributed by atoms with van der Waals surface area (Å²) in [6, 6.07) is 10.2. The van der Waals surface area contributed by atoms with Gasteiger partial charge in [-0.25, -0.2) is 13.4 Å². The molecule has 1 atom stereocenters. The summed E-state index contributed by atoms with van der Waals surface area (Å²) < 4.78 is 34.2. The van der Waals surface area contributed by atoms with Crippen molar-refractivity contribution in [1.29, 1.82) is 0 Å². The second-order valence-electron chi connectivity index (χ2n) is 6.17. The number of benzene rings is 1. The van der Waals surface area contributed by atoms with Crippen molar-refractivity contribution >= 4 is 15.8 Å². The highest BCUT2D eigenvalue weighted by molar-refractivity contribution is 7.90. The highest BCUT2D eigenvalue weighted by atomic mass is 32.2. The normalized spacial score (nSPS) is 13.3. The van der Waals surface area contributed by atoms with Gasteiger partial charge in [0.15, 0.2) is 15.8 Å². The van der Waals surface area contributed by atoms with Crippen molar-refractivity contribution in [1.82, 2.24) is 10.6 Å². The van der Waals surface area contributed by atoms with Crippen molar-refractivity contribution in [2.24, 2.45) is 4.99 Å². The fourth-order valence-electron chi connectivity index (χ4n) is 2.39. The van der Waals surface area contributed by atoms with Gasteiger partial charge in [-0.2, -0.15) is 0 Å². The average molecular weight is 394 g/mol. The SMILES string of the molecule is CCNC(=NCCOc1ccc(S(C)(=O)=O)cc1)NC(C)c1ccc(C)o1. The van der Waals surface area contributed by atoms with Gasteiger partial charge in [0.05, 0.1) is 17.5 Å². The third-order valence-corrected chi connectivity index (χ3v) is 4.90. The summed E-state index contributed by atoms with van der Waals surface area (Å²) in [4.78, 5) is 4.76. The molecule has 0 fully saturated rings. The Morgan fingerprint density at radius 1 is 1.22 bits per heavy atom. The molecule has 0 aliphatic rings. The van der Waals surface area contributed by atoms with Crippen LogP contribution in [-0.2, 0) is 9.84 Å². The summed E-state index contributed by atoms with van der Waals surface area (Å²) in [5, 5.41) is 6.48. The van der Waals surface area contributed by atoms with E-state index in [2.05, 4.69) is 15.6 Å². The molecule has 0 saturated carbocycles. The maximum Gasteiger partial charge on any atom is 0.191 e. The van der Waals surface area contributed by atoms with Crippen molar-refractivity contribution in [3.8, 4) is 5.75 Å². The van der Waals surface area contributed by atoms with Crippen molar-refractivity contribution in [2.75, 3.05) is 26.0 Å². The van der Waals surface area contributed by atoms with Gasteiger partial charge in [-0.15, -0.1) is 0 Å². The van der Waals surface area contributed by atoms with Crippen LogP contribution in [0.2, 0.25) is 0 Å². The molecule has 0 bridgehead atoms. The Hall–Kier alpha value is -2.48. The van der Waals surface area contributed by atoms with Gasteiger partial charge < -0.3 is 19.8 Å². The van der Waals surface area contributed by atoms with Crippen LogP contribution in [0.5, 0.6) is 5.75 Å². The van der Waals surface area contributed by atoms with Crippen molar-refractivity contribution in [3.63, 3.8) is 0 Å². The van der Waals surface area contributed by atoms with Gasteiger partial charge in [-0.3, -0.25) is 0 Å². The zero-order chi connectivity index (χ0) is 19.9. The van der Waals surface area contributed by atoms with Crippen LogP contribution in [0.15, 0.2) is 50.7 Å². The third-order valence-electron chi connectivity index (χ3n) is 3.77. The van der Waals surface area contributed by atoms with E-state index in [1.165, 1.54) is 18.4 Å². The second-order valence-corrected chi connectivity index (χ2v) is 8.18. The van der Waals surface area contributed by atoms with E-state index in [-0.39, 0.29) is 10.9 Å². The van der Waals surface area contributed by atoms with E-state index < -0.39 is 9.84 Å². The number of sulfone groups is 1. The zero-order valence-corrected chi connectivity index (χ0v) is 17.0. The van der Waals surface area contributed by atoms with Crippen LogP contribution >= 0.6 is 0 Å². The standard InChI is InChI=1S/C19H27N3O4S/c1-5-20-19(22-15(3)18-11-6-14(2)26-18)21-12-13-25-16-7-9-17(10-8-16)27(4,23)24/h6-11,15H,5,12-13H2,1-4H3,(H2,20,21,22). The molecule has 7 nitrogen and oxygen atoms in total. The minimum atomic E-state index is -3.20. The summed E-state index contributed by atoms with van der Waals surface area (Å²) in [5.74, 6) is 3.00. The molecule has 0 aliphatic heterocycles. The molecule has 2 N–H and O–H groups in total. The molecule has 0 amide bonds. The lowest BCUT2D eigenvalue weighted by molar-refractivity contribution is 0.328. The third kappa shape index (κ3) is 6.63. The lowest BCUT2D eigenvalue weighted by atomic mass is 10.2. The van der Waals surface area contributed by atoms with Crippen LogP contribution < -0.4 is 15.4 Å². The number of aliphatic imine (C=N–C) groups is 1. The van der Waals surface area contributed by atoms with E-state index in [0.29, 0.717) is 24.9 Å². The molecule has 0 aliphatic carbocycles. The highest BCUT2D eigenvalue weighted by Crippen LogP contribution is 2.16. The molecular formula is C19H27N3O4S. The predicted octanol–water partition coefficient (Wildman–Crippen LogP) is 2.69. The Kier molecular flexibility index (Phi) is 7.29. The van der Waals surface area contributed by atoms with E-state index in [4.69, 9.17) is 9.15 Å². The number of nitrogens with zero attached hydrogens (tertiary/aromatic N) is 1. The molecule has 1 aromatic carbocycles. The molecule has 1 unspecified atom stereocenters. The van der Waals surface area contributed by atoms with Crippen LogP contribution in [0.25, 0.3) is 0 Å². The van der Waals surface area contributed by atoms with Gasteiger partial charge in [0, 0.05) is 12.8 Å². The molecule has 2 rings (SSSR count). The predicted molar refractivity (Wildman–Crippen MR) is 106 cm³/mol. The van der Waals surface area contributed by atoms with Crippen LogP contribution in [0.4, 0.5) is 0 Å². The monoisotopic (exact) mass is 393 g/mol. The summed E-state index contributed by atoms with van der Waals surface area (Å²) in [5.41, 5.74) is 0. The molecule has 0 spiro atoms. The Morgan fingerprint density at radius 3 is 2.48 bits per heavy atom. The Bertz CT molecular complexity index is 857. The van der Waals surface area contributed by atoms with Crippen LogP contribution in [-0.4, -0.2) is 40.3 Å². The molecular weight excluding hydrogens is 366 g/mol. The largest absolute Gasteiger partial charge is 0.492 e. The van der Waals surface area contributed by atoms with Crippen molar-refractivity contribution in [3.05, 3.63) is 47.9 Å². The molecule has 2 aromatic rings. The van der Waals surface area contributed by atoms with Gasteiger partial charge in [0.25, 0.3) is 0 Å². The summed E-state index contributed by atoms with van der Waals surface area (Å²) >= 11 is 0. The Labute approximate surface area is 160 Å². The molecule has 148 valence electrons. The fraction of sp³-hybridized carbons (Fsp3) is 0.421. The maximum absolute atomic E-state index is 11.5. The second kappa shape index (κ2) is 9.45. The first kappa shape index (κ1) is 20.8. The topological polar surface area (TPSA) is 92.9 Å². The highest BCUT2D eigenvalue weighted by Gasteiger charge is 2.11. The van der Waals surface area contributed by atoms with Crippen LogP contribution in [0.3, 0.4) is 0 Å². The van der Waals surface area contributed by atoms with Gasteiger partial charge in [0.2, 0.25) is 0 Å². The van der Waals surface area contributed by atoms with E-state index in [0.717, 1.165) is 18.1 Å². The van der Waals surface area contributed by atoms with Crippen LogP contribution in [0.1, 0.15) is 31.4 Å². The molecule has 0 radical (unpaired) electrons.